The summed E-state index contributed by atoms with van der Waals surface area (Å²) in [6.07, 6.45) is 3.65. The first kappa shape index (κ1) is 22.2. The lowest BCUT2D eigenvalue weighted by molar-refractivity contribution is 0.238. The van der Waals surface area contributed by atoms with Gasteiger partial charge in [-0.3, -0.25) is 14.9 Å². The molecule has 30 heavy (non-hydrogen) atoms. The number of phenols is 1. The van der Waals surface area contributed by atoms with E-state index in [0.717, 1.165) is 22.1 Å². The number of pyridine rings is 2. The maximum Gasteiger partial charge on any atom is 0.119 e. The smallest absolute Gasteiger partial charge is 0.119 e. The Kier molecular flexibility index (Phi) is 6.73. The number of hydrogen-bond donors (Lipinski definition) is 1. The highest BCUT2D eigenvalue weighted by Crippen LogP contribution is 2.37. The molecule has 2 aromatic heterocycles. The standard InChI is InChI=1S/C25H33N3OSi/c1-25(2,3)30(4,5)23-14-10-11-20(24(23)29)17-28(18-21-12-6-8-15-26-21)19-22-13-7-9-16-27-22/h6-16,29H,17-19H2,1-5H3. The fourth-order valence-electron chi connectivity index (χ4n) is 3.48. The minimum Gasteiger partial charge on any atom is -0.508 e. The molecule has 3 rings (SSSR count). The predicted octanol–water partition coefficient (Wildman–Crippen LogP) is 5.10. The third-order valence-electron chi connectivity index (χ3n) is 6.29. The highest BCUT2D eigenvalue weighted by atomic mass is 28.3. The van der Waals surface area contributed by atoms with Gasteiger partial charge in [-0.05, 0) is 34.5 Å². The Morgan fingerprint density at radius 1 is 0.800 bits per heavy atom. The zero-order valence-electron chi connectivity index (χ0n) is 18.8. The van der Waals surface area contributed by atoms with Crippen LogP contribution >= 0.6 is 0 Å². The molecule has 1 aromatic carbocycles. The molecule has 158 valence electrons. The summed E-state index contributed by atoms with van der Waals surface area (Å²) in [5.74, 6) is 0.455. The molecule has 0 radical (unpaired) electrons. The second kappa shape index (κ2) is 9.10. The van der Waals surface area contributed by atoms with E-state index in [1.165, 1.54) is 0 Å². The number of rotatable bonds is 7. The molecule has 3 aromatic rings. The number of hydrogen-bond acceptors (Lipinski definition) is 4. The van der Waals surface area contributed by atoms with E-state index in [2.05, 4.69) is 60.9 Å². The van der Waals surface area contributed by atoms with Crippen molar-refractivity contribution in [2.75, 3.05) is 0 Å². The fourth-order valence-corrected chi connectivity index (χ4v) is 5.55. The van der Waals surface area contributed by atoms with Crippen molar-refractivity contribution in [1.29, 1.82) is 0 Å². The van der Waals surface area contributed by atoms with E-state index < -0.39 is 8.07 Å². The second-order valence-electron chi connectivity index (χ2n) is 9.48. The molecule has 0 atom stereocenters. The van der Waals surface area contributed by atoms with Gasteiger partial charge in [-0.1, -0.05) is 64.2 Å². The maximum atomic E-state index is 11.2. The molecule has 1 N–H and O–H groups in total. The molecule has 4 nitrogen and oxygen atoms in total. The number of phenolic OH excluding ortho intramolecular Hbond substituents is 1. The van der Waals surface area contributed by atoms with Crippen LogP contribution < -0.4 is 5.19 Å². The van der Waals surface area contributed by atoms with Crippen LogP contribution in [-0.4, -0.2) is 28.0 Å². The van der Waals surface area contributed by atoms with E-state index in [0.29, 0.717) is 25.4 Å². The molecule has 0 amide bonds. The van der Waals surface area contributed by atoms with Crippen LogP contribution in [0.15, 0.2) is 67.0 Å². The molecule has 0 aliphatic rings. The molecule has 0 unspecified atom stereocenters. The Morgan fingerprint density at radius 2 is 1.37 bits per heavy atom. The number of para-hydroxylation sites is 1. The Labute approximate surface area is 181 Å². The van der Waals surface area contributed by atoms with Crippen molar-refractivity contribution in [1.82, 2.24) is 14.9 Å². The van der Waals surface area contributed by atoms with Crippen LogP contribution in [0.3, 0.4) is 0 Å². The lowest BCUT2D eigenvalue weighted by Crippen LogP contribution is -2.49. The highest BCUT2D eigenvalue weighted by Gasteiger charge is 2.39. The summed E-state index contributed by atoms with van der Waals surface area (Å²) in [5, 5.41) is 12.5. The van der Waals surface area contributed by atoms with Gasteiger partial charge in [0.25, 0.3) is 0 Å². The van der Waals surface area contributed by atoms with Crippen molar-refractivity contribution < 1.29 is 5.11 Å². The summed E-state index contributed by atoms with van der Waals surface area (Å²) < 4.78 is 0. The van der Waals surface area contributed by atoms with Crippen molar-refractivity contribution in [2.45, 2.75) is 58.5 Å². The fraction of sp³-hybridized carbons (Fsp3) is 0.360. The monoisotopic (exact) mass is 419 g/mol. The zero-order valence-corrected chi connectivity index (χ0v) is 19.8. The van der Waals surface area contributed by atoms with Crippen LogP contribution in [0.1, 0.15) is 37.7 Å². The quantitative estimate of drug-likeness (QED) is 0.541. The Balaban J connectivity index is 1.91. The average Bonchev–Trinajstić information content (AvgIpc) is 2.70. The van der Waals surface area contributed by atoms with E-state index in [9.17, 15) is 5.11 Å². The number of aromatic nitrogens is 2. The third-order valence-corrected chi connectivity index (χ3v) is 11.8. The molecule has 5 heteroatoms. The lowest BCUT2D eigenvalue weighted by atomic mass is 10.1. The van der Waals surface area contributed by atoms with E-state index in [4.69, 9.17) is 0 Å². The summed E-state index contributed by atoms with van der Waals surface area (Å²) in [5.41, 5.74) is 2.98. The lowest BCUT2D eigenvalue weighted by Gasteiger charge is -2.38. The molecule has 0 bridgehead atoms. The Hall–Kier alpha value is -2.50. The SMILES string of the molecule is CC(C)(C)[Si](C)(C)c1cccc(CN(Cc2ccccn2)Cc2ccccn2)c1O. The van der Waals surface area contributed by atoms with Crippen molar-refractivity contribution in [3.8, 4) is 5.75 Å². The van der Waals surface area contributed by atoms with Gasteiger partial charge >= 0.3 is 0 Å². The van der Waals surface area contributed by atoms with Gasteiger partial charge in [-0.25, -0.2) is 0 Å². The van der Waals surface area contributed by atoms with Crippen LogP contribution in [-0.2, 0) is 19.6 Å². The summed E-state index contributed by atoms with van der Waals surface area (Å²) in [7, 11) is -1.85. The van der Waals surface area contributed by atoms with E-state index >= 15 is 0 Å². The van der Waals surface area contributed by atoms with Crippen LogP contribution in [0, 0.1) is 0 Å². The third kappa shape index (κ3) is 5.15. The number of aromatic hydroxyl groups is 1. The molecule has 0 saturated heterocycles. The van der Waals surface area contributed by atoms with Gasteiger partial charge in [0.1, 0.15) is 5.75 Å². The summed E-state index contributed by atoms with van der Waals surface area (Å²) in [6, 6.07) is 18.2. The molecule has 2 heterocycles. The van der Waals surface area contributed by atoms with Crippen LogP contribution in [0.25, 0.3) is 0 Å². The van der Waals surface area contributed by atoms with E-state index in [1.807, 2.05) is 54.9 Å². The van der Waals surface area contributed by atoms with E-state index in [1.54, 1.807) is 0 Å². The first-order valence-electron chi connectivity index (χ1n) is 10.5. The number of benzene rings is 1. The predicted molar refractivity (Wildman–Crippen MR) is 126 cm³/mol. The van der Waals surface area contributed by atoms with Crippen LogP contribution in [0.2, 0.25) is 18.1 Å². The zero-order chi connectivity index (χ0) is 21.8. The van der Waals surface area contributed by atoms with Crippen LogP contribution in [0.5, 0.6) is 5.75 Å². The van der Waals surface area contributed by atoms with Gasteiger partial charge in [-0.2, -0.15) is 0 Å². The number of nitrogens with zero attached hydrogens (tertiary/aromatic N) is 3. The highest BCUT2D eigenvalue weighted by molar-refractivity contribution is 6.92. The first-order chi connectivity index (χ1) is 14.2. The first-order valence-corrected chi connectivity index (χ1v) is 13.5. The summed E-state index contributed by atoms with van der Waals surface area (Å²) >= 11 is 0. The van der Waals surface area contributed by atoms with Crippen molar-refractivity contribution in [2.24, 2.45) is 0 Å². The second-order valence-corrected chi connectivity index (χ2v) is 14.8. The molecule has 0 fully saturated rings. The minimum absolute atomic E-state index is 0.157. The van der Waals surface area contributed by atoms with Gasteiger partial charge in [0.15, 0.2) is 0 Å². The van der Waals surface area contributed by atoms with Crippen LogP contribution in [0.4, 0.5) is 0 Å². The molecular weight excluding hydrogens is 386 g/mol. The van der Waals surface area contributed by atoms with Gasteiger partial charge in [0.2, 0.25) is 0 Å². The molecule has 0 aliphatic carbocycles. The van der Waals surface area contributed by atoms with Gasteiger partial charge in [0.05, 0.1) is 19.5 Å². The Morgan fingerprint density at radius 3 is 1.83 bits per heavy atom. The molecule has 0 aliphatic heterocycles. The van der Waals surface area contributed by atoms with Gasteiger partial charge in [-0.15, -0.1) is 0 Å². The summed E-state index contributed by atoms with van der Waals surface area (Å²) in [6.45, 7) is 13.5. The Bertz CT molecular complexity index is 912. The summed E-state index contributed by atoms with van der Waals surface area (Å²) in [4.78, 5) is 11.3. The molecular formula is C25H33N3OSi. The van der Waals surface area contributed by atoms with Gasteiger partial charge in [0, 0.05) is 37.6 Å². The molecule has 0 saturated carbocycles. The largest absolute Gasteiger partial charge is 0.508 e. The minimum atomic E-state index is -1.85. The normalized spacial score (nSPS) is 12.3. The average molecular weight is 420 g/mol. The van der Waals surface area contributed by atoms with E-state index in [-0.39, 0.29) is 5.04 Å². The van der Waals surface area contributed by atoms with Gasteiger partial charge < -0.3 is 5.11 Å². The molecule has 0 spiro atoms. The van der Waals surface area contributed by atoms with Crippen molar-refractivity contribution in [3.05, 3.63) is 83.9 Å². The van der Waals surface area contributed by atoms with Crippen molar-refractivity contribution >= 4 is 13.3 Å². The topological polar surface area (TPSA) is 49.2 Å². The van der Waals surface area contributed by atoms with Crippen molar-refractivity contribution in [3.63, 3.8) is 0 Å². The maximum absolute atomic E-state index is 11.2.